The highest BCUT2D eigenvalue weighted by Gasteiger charge is 2.28. The maximum absolute atomic E-state index is 13.0. The fourth-order valence-electron chi connectivity index (χ4n) is 5.29. The Bertz CT molecular complexity index is 1110. The lowest BCUT2D eigenvalue weighted by Gasteiger charge is -2.36. The van der Waals surface area contributed by atoms with E-state index in [4.69, 9.17) is 0 Å². The number of aryl methyl sites for hydroxylation is 1. The van der Waals surface area contributed by atoms with E-state index in [-0.39, 0.29) is 5.92 Å². The number of ketones is 1. The van der Waals surface area contributed by atoms with Crippen molar-refractivity contribution in [2.45, 2.75) is 32.1 Å². The molecule has 1 aliphatic carbocycles. The summed E-state index contributed by atoms with van der Waals surface area (Å²) < 4.78 is 1.79. The number of nitrogens with zero attached hydrogens (tertiary/aromatic N) is 6. The number of hydrogen-bond donors (Lipinski definition) is 0. The van der Waals surface area contributed by atoms with E-state index < -0.39 is 0 Å². The molecule has 3 aromatic heterocycles. The van der Waals surface area contributed by atoms with Crippen LogP contribution in [0.4, 0.5) is 0 Å². The van der Waals surface area contributed by atoms with Gasteiger partial charge in [-0.2, -0.15) is 5.10 Å². The normalized spacial score (nSPS) is 22.6. The number of carbonyl (C=O) groups excluding carboxylic acids is 1. The number of pyridine rings is 2. The molecule has 2 aliphatic rings. The summed E-state index contributed by atoms with van der Waals surface area (Å²) in [6.07, 6.45) is 12.3. The van der Waals surface area contributed by atoms with E-state index >= 15 is 0 Å². The molecule has 1 saturated heterocycles. The number of likely N-dealkylation sites (N-methyl/N-ethyl adjacent to an activating group) is 1. The second kappa shape index (κ2) is 9.69. The highest BCUT2D eigenvalue weighted by molar-refractivity contribution is 5.86. The van der Waals surface area contributed by atoms with Gasteiger partial charge in [-0.15, -0.1) is 0 Å². The number of carbonyl (C=O) groups is 1. The van der Waals surface area contributed by atoms with Crippen molar-refractivity contribution in [2.75, 3.05) is 39.8 Å². The number of hydrogen-bond acceptors (Lipinski definition) is 6. The predicted octanol–water partition coefficient (Wildman–Crippen LogP) is 3.20. The van der Waals surface area contributed by atoms with Gasteiger partial charge in [-0.05, 0) is 50.8 Å². The van der Waals surface area contributed by atoms with Crippen molar-refractivity contribution in [3.05, 3.63) is 42.6 Å². The molecular weight excluding hydrogens is 412 g/mol. The predicted molar refractivity (Wildman–Crippen MR) is 130 cm³/mol. The lowest BCUT2D eigenvalue weighted by atomic mass is 9.79. The Kier molecular flexibility index (Phi) is 6.51. The Labute approximate surface area is 195 Å². The maximum Gasteiger partial charge on any atom is 0.141 e. The van der Waals surface area contributed by atoms with Crippen LogP contribution in [0.2, 0.25) is 0 Å². The summed E-state index contributed by atoms with van der Waals surface area (Å²) in [4.78, 5) is 27.1. The second-order valence-corrected chi connectivity index (χ2v) is 9.96. The molecule has 0 unspecified atom stereocenters. The summed E-state index contributed by atoms with van der Waals surface area (Å²) in [5.74, 6) is 1.27. The van der Waals surface area contributed by atoms with Crippen LogP contribution in [-0.4, -0.2) is 75.1 Å². The smallest absolute Gasteiger partial charge is 0.141 e. The quantitative estimate of drug-likeness (QED) is 0.579. The zero-order chi connectivity index (χ0) is 22.8. The molecule has 7 heteroatoms. The van der Waals surface area contributed by atoms with Crippen molar-refractivity contribution in [1.29, 1.82) is 0 Å². The van der Waals surface area contributed by atoms with Gasteiger partial charge in [0.15, 0.2) is 0 Å². The zero-order valence-corrected chi connectivity index (χ0v) is 19.8. The largest absolute Gasteiger partial charge is 0.304 e. The van der Waals surface area contributed by atoms with E-state index in [0.717, 1.165) is 46.5 Å². The zero-order valence-electron chi connectivity index (χ0n) is 19.8. The molecule has 5 rings (SSSR count). The van der Waals surface area contributed by atoms with E-state index in [9.17, 15) is 4.79 Å². The Morgan fingerprint density at radius 1 is 0.939 bits per heavy atom. The molecule has 1 aliphatic heterocycles. The van der Waals surface area contributed by atoms with Crippen LogP contribution in [0, 0.1) is 11.8 Å². The van der Waals surface area contributed by atoms with E-state index in [1.807, 2.05) is 31.7 Å². The Morgan fingerprint density at radius 3 is 2.45 bits per heavy atom. The molecule has 3 aromatic rings. The van der Waals surface area contributed by atoms with Crippen LogP contribution in [0.3, 0.4) is 0 Å². The van der Waals surface area contributed by atoms with Gasteiger partial charge in [-0.1, -0.05) is 0 Å². The molecule has 2 fully saturated rings. The summed E-state index contributed by atoms with van der Waals surface area (Å²) in [5, 5.41) is 5.27. The van der Waals surface area contributed by atoms with E-state index in [2.05, 4.69) is 38.0 Å². The molecule has 33 heavy (non-hydrogen) atoms. The molecule has 4 heterocycles. The van der Waals surface area contributed by atoms with Gasteiger partial charge in [0.25, 0.3) is 0 Å². The van der Waals surface area contributed by atoms with Crippen molar-refractivity contribution < 1.29 is 4.79 Å². The van der Waals surface area contributed by atoms with Gasteiger partial charge in [-0.3, -0.25) is 19.4 Å². The highest BCUT2D eigenvalue weighted by atomic mass is 16.1. The Morgan fingerprint density at radius 2 is 1.73 bits per heavy atom. The molecule has 0 N–H and O–H groups in total. The van der Waals surface area contributed by atoms with Crippen LogP contribution in [0.15, 0.2) is 36.9 Å². The van der Waals surface area contributed by atoms with Crippen molar-refractivity contribution in [3.8, 4) is 11.1 Å². The third-order valence-electron chi connectivity index (χ3n) is 7.43. The first kappa shape index (κ1) is 22.2. The molecular formula is C26H34N6O. The van der Waals surface area contributed by atoms with Crippen LogP contribution < -0.4 is 0 Å². The minimum absolute atomic E-state index is 0.186. The third kappa shape index (κ3) is 5.31. The lowest BCUT2D eigenvalue weighted by Crippen LogP contribution is -2.46. The maximum atomic E-state index is 13.0. The Balaban J connectivity index is 1.18. The van der Waals surface area contributed by atoms with E-state index in [1.54, 1.807) is 10.9 Å². The van der Waals surface area contributed by atoms with Crippen molar-refractivity contribution in [3.63, 3.8) is 0 Å². The standard InChI is InChI=1S/C26H34N6O/c1-30-7-9-32(10-8-30)17-19-3-5-20(6-4-19)26(33)13-24-12-21-11-22(14-28-25(21)16-27-24)23-15-29-31(2)18-23/h11-12,14-16,18-20H,3-10,13,17H2,1-2H3. The summed E-state index contributed by atoms with van der Waals surface area (Å²) in [5.41, 5.74) is 3.76. The minimum atomic E-state index is 0.186. The number of Topliss-reactive ketones (excluding diaryl/α,β-unsaturated/α-hetero) is 1. The summed E-state index contributed by atoms with van der Waals surface area (Å²) in [6, 6.07) is 4.14. The average Bonchev–Trinajstić information content (AvgIpc) is 3.27. The van der Waals surface area contributed by atoms with Gasteiger partial charge < -0.3 is 9.80 Å². The van der Waals surface area contributed by atoms with Crippen LogP contribution in [-0.2, 0) is 18.3 Å². The van der Waals surface area contributed by atoms with Gasteiger partial charge in [0.2, 0.25) is 0 Å². The van der Waals surface area contributed by atoms with Crippen molar-refractivity contribution >= 4 is 16.7 Å². The molecule has 0 radical (unpaired) electrons. The van der Waals surface area contributed by atoms with Crippen LogP contribution in [0.1, 0.15) is 31.4 Å². The molecule has 1 saturated carbocycles. The first-order valence-electron chi connectivity index (χ1n) is 12.2. The van der Waals surface area contributed by atoms with Crippen LogP contribution >= 0.6 is 0 Å². The fourth-order valence-corrected chi connectivity index (χ4v) is 5.29. The lowest BCUT2D eigenvalue weighted by molar-refractivity contribution is -0.123. The second-order valence-electron chi connectivity index (χ2n) is 9.96. The first-order valence-corrected chi connectivity index (χ1v) is 12.2. The molecule has 0 aromatic carbocycles. The van der Waals surface area contributed by atoms with E-state index in [1.165, 1.54) is 45.6 Å². The summed E-state index contributed by atoms with van der Waals surface area (Å²) in [6.45, 7) is 5.91. The monoisotopic (exact) mass is 446 g/mol. The van der Waals surface area contributed by atoms with Gasteiger partial charge in [0, 0.05) is 86.7 Å². The van der Waals surface area contributed by atoms with E-state index in [0.29, 0.717) is 12.2 Å². The van der Waals surface area contributed by atoms with Crippen molar-refractivity contribution in [2.24, 2.45) is 18.9 Å². The Hall–Kier alpha value is -2.64. The highest BCUT2D eigenvalue weighted by Crippen LogP contribution is 2.31. The summed E-state index contributed by atoms with van der Waals surface area (Å²) >= 11 is 0. The average molecular weight is 447 g/mol. The molecule has 7 nitrogen and oxygen atoms in total. The number of rotatable bonds is 6. The van der Waals surface area contributed by atoms with Gasteiger partial charge in [-0.25, -0.2) is 0 Å². The fraction of sp³-hybridized carbons (Fsp3) is 0.538. The van der Waals surface area contributed by atoms with Gasteiger partial charge >= 0.3 is 0 Å². The third-order valence-corrected chi connectivity index (χ3v) is 7.43. The minimum Gasteiger partial charge on any atom is -0.304 e. The molecule has 0 amide bonds. The number of fused-ring (bicyclic) bond motifs is 1. The molecule has 0 spiro atoms. The molecule has 0 bridgehead atoms. The molecule has 0 atom stereocenters. The van der Waals surface area contributed by atoms with Gasteiger partial charge in [0.1, 0.15) is 5.78 Å². The van der Waals surface area contributed by atoms with Crippen LogP contribution in [0.25, 0.3) is 22.0 Å². The van der Waals surface area contributed by atoms with Gasteiger partial charge in [0.05, 0.1) is 17.9 Å². The van der Waals surface area contributed by atoms with Crippen molar-refractivity contribution in [1.82, 2.24) is 29.5 Å². The number of piperazine rings is 1. The summed E-state index contributed by atoms with van der Waals surface area (Å²) in [7, 11) is 4.11. The molecule has 174 valence electrons. The topological polar surface area (TPSA) is 67.2 Å². The number of aromatic nitrogens is 4. The van der Waals surface area contributed by atoms with Crippen LogP contribution in [0.5, 0.6) is 0 Å². The first-order chi connectivity index (χ1) is 16.0. The SMILES string of the molecule is CN1CCN(CC2CCC(C(=O)Cc3cc4cc(-c5cnn(C)c5)cnc4cn3)CC2)CC1.